The molecule has 1 aliphatic rings. The molecule has 0 atom stereocenters. The maximum atomic E-state index is 10.6. The normalized spacial score (nSPS) is 18.8. The lowest BCUT2D eigenvalue weighted by atomic mass is 9.83. The van der Waals surface area contributed by atoms with Crippen molar-refractivity contribution in [1.29, 1.82) is 0 Å². The van der Waals surface area contributed by atoms with Crippen LogP contribution in [0.5, 0.6) is 0 Å². The minimum absolute atomic E-state index is 0.0424. The Hall–Kier alpha value is -0.643. The van der Waals surface area contributed by atoms with Gasteiger partial charge in [-0.05, 0) is 37.6 Å². The molecule has 1 fully saturated rings. The van der Waals surface area contributed by atoms with Crippen LogP contribution in [0.25, 0.3) is 0 Å². The van der Waals surface area contributed by atoms with Gasteiger partial charge < -0.3 is 9.53 Å². The highest BCUT2D eigenvalue weighted by molar-refractivity contribution is 6.31. The number of carboxylic acid groups (broad SMARTS) is 1. The van der Waals surface area contributed by atoms with E-state index in [1.54, 1.807) is 0 Å². The predicted molar refractivity (Wildman–Crippen MR) is 85.6 cm³/mol. The molecule has 0 spiro atoms. The molecule has 1 heterocycles. The molecule has 5 nitrogen and oxygen atoms in total. The quantitative estimate of drug-likeness (QED) is 0.598. The second-order valence-electron chi connectivity index (χ2n) is 7.57. The van der Waals surface area contributed by atoms with Crippen LogP contribution in [0.1, 0.15) is 47.5 Å². The molecule has 0 aromatic rings. The average Bonchev–Trinajstić information content (AvgIpc) is 2.36. The number of piperidine rings is 1. The summed E-state index contributed by atoms with van der Waals surface area (Å²) in [5, 5.41) is 9.43. The number of halogens is 3. The van der Waals surface area contributed by atoms with E-state index in [-0.39, 0.29) is 5.60 Å². The summed E-state index contributed by atoms with van der Waals surface area (Å²) in [6, 6.07) is 0. The molecular weight excluding hydrogens is 329 g/mol. The molecule has 1 aliphatic heterocycles. The third-order valence-electron chi connectivity index (χ3n) is 3.63. The Morgan fingerprint density at radius 3 is 1.87 bits per heavy atom. The Balaban J connectivity index is 0.000000585. The fourth-order valence-corrected chi connectivity index (χ4v) is 3.16. The molecule has 23 heavy (non-hydrogen) atoms. The van der Waals surface area contributed by atoms with Crippen molar-refractivity contribution in [2.75, 3.05) is 13.1 Å². The molecule has 0 amide bonds. The first kappa shape index (κ1) is 22.4. The summed E-state index contributed by atoms with van der Waals surface area (Å²) in [4.78, 5) is 8.90. The van der Waals surface area contributed by atoms with Gasteiger partial charge in [0.2, 0.25) is 0 Å². The number of nitrogens with two attached hydrogens (primary N) is 1. The van der Waals surface area contributed by atoms with Crippen molar-refractivity contribution in [2.24, 2.45) is 11.8 Å². The van der Waals surface area contributed by atoms with E-state index in [0.29, 0.717) is 11.0 Å². The van der Waals surface area contributed by atoms with Gasteiger partial charge in [-0.25, -0.2) is 9.80 Å². The molecule has 0 saturated carbocycles. The van der Waals surface area contributed by atoms with Crippen molar-refractivity contribution in [3.63, 3.8) is 0 Å². The summed E-state index contributed by atoms with van der Waals surface area (Å²) in [6.45, 7) is 13.3. The number of aliphatic carboxylic acids is 1. The second-order valence-corrected chi connectivity index (χ2v) is 10.3. The lowest BCUT2D eigenvalue weighted by Gasteiger charge is -2.41. The number of hydrazine groups is 1. The number of carbonyl (C=O) groups is 1. The molecule has 1 rings (SSSR count). The fraction of sp³-hybridized carbons (Fsp3) is 0.929. The Morgan fingerprint density at radius 1 is 1.17 bits per heavy atom. The van der Waals surface area contributed by atoms with E-state index in [2.05, 4.69) is 34.6 Å². The molecule has 0 unspecified atom stereocenters. The van der Waals surface area contributed by atoms with Crippen LogP contribution in [0.3, 0.4) is 0 Å². The van der Waals surface area contributed by atoms with Crippen molar-refractivity contribution < 1.29 is 27.5 Å². The summed E-state index contributed by atoms with van der Waals surface area (Å²) in [6.07, 6.45) is -2.75. The SMILES string of the molecule is CC(C)(C)[SiH2]OC(C)(C)C1CCN(N)CC1.O=C(O)C(F)(F)F. The minimum Gasteiger partial charge on any atom is -0.475 e. The summed E-state index contributed by atoms with van der Waals surface area (Å²) in [7, 11) is -0.457. The number of alkyl halides is 3. The first-order valence-electron chi connectivity index (χ1n) is 7.59. The third-order valence-corrected chi connectivity index (χ3v) is 5.39. The maximum Gasteiger partial charge on any atom is 0.490 e. The number of carboxylic acids is 1. The van der Waals surface area contributed by atoms with Gasteiger partial charge in [-0.3, -0.25) is 5.84 Å². The minimum atomic E-state index is -5.08. The highest BCUT2D eigenvalue weighted by atomic mass is 28.2. The number of nitrogens with zero attached hydrogens (tertiary/aromatic N) is 1. The Morgan fingerprint density at radius 2 is 1.57 bits per heavy atom. The van der Waals surface area contributed by atoms with E-state index >= 15 is 0 Å². The highest BCUT2D eigenvalue weighted by Crippen LogP contribution is 2.32. The molecule has 0 aliphatic carbocycles. The summed E-state index contributed by atoms with van der Waals surface area (Å²) in [5.41, 5.74) is 0.0424. The van der Waals surface area contributed by atoms with Gasteiger partial charge >= 0.3 is 12.1 Å². The standard InChI is InChI=1S/C12H28N2OSi.C2HF3O2/c1-11(2,3)16-15-12(4,5)10-6-8-14(13)9-7-10;3-2(4,5)1(6)7/h10H,6-9,13,16H2,1-5H3;(H,6,7). The second kappa shape index (κ2) is 8.45. The summed E-state index contributed by atoms with van der Waals surface area (Å²) in [5.74, 6) is 3.70. The van der Waals surface area contributed by atoms with Gasteiger partial charge in [0.25, 0.3) is 0 Å². The van der Waals surface area contributed by atoms with Gasteiger partial charge in [0.15, 0.2) is 9.76 Å². The van der Waals surface area contributed by atoms with Crippen LogP contribution < -0.4 is 5.84 Å². The lowest BCUT2D eigenvalue weighted by Crippen LogP contribution is -2.46. The molecule has 138 valence electrons. The van der Waals surface area contributed by atoms with Crippen molar-refractivity contribution in [1.82, 2.24) is 5.01 Å². The van der Waals surface area contributed by atoms with E-state index in [9.17, 15) is 13.2 Å². The average molecular weight is 358 g/mol. The van der Waals surface area contributed by atoms with Crippen LogP contribution in [0, 0.1) is 5.92 Å². The van der Waals surface area contributed by atoms with Gasteiger partial charge in [-0.2, -0.15) is 13.2 Å². The molecule has 9 heteroatoms. The molecule has 0 aromatic heterocycles. The van der Waals surface area contributed by atoms with E-state index in [1.165, 1.54) is 12.8 Å². The molecule has 0 radical (unpaired) electrons. The van der Waals surface area contributed by atoms with Crippen molar-refractivity contribution >= 4 is 15.7 Å². The van der Waals surface area contributed by atoms with Gasteiger partial charge in [0, 0.05) is 13.1 Å². The zero-order valence-electron chi connectivity index (χ0n) is 14.5. The van der Waals surface area contributed by atoms with Crippen molar-refractivity contribution in [2.45, 2.75) is 64.3 Å². The zero-order valence-corrected chi connectivity index (χ0v) is 15.9. The Bertz CT molecular complexity index is 376. The van der Waals surface area contributed by atoms with Crippen molar-refractivity contribution in [3.8, 4) is 0 Å². The van der Waals surface area contributed by atoms with Gasteiger partial charge in [-0.15, -0.1) is 0 Å². The van der Waals surface area contributed by atoms with Gasteiger partial charge in [-0.1, -0.05) is 20.8 Å². The molecule has 0 bridgehead atoms. The van der Waals surface area contributed by atoms with Crippen LogP contribution in [-0.4, -0.2) is 50.7 Å². The van der Waals surface area contributed by atoms with Gasteiger partial charge in [0.05, 0.1) is 5.60 Å². The first-order chi connectivity index (χ1) is 10.1. The maximum absolute atomic E-state index is 10.6. The van der Waals surface area contributed by atoms with Crippen LogP contribution in [0.15, 0.2) is 0 Å². The molecule has 0 aromatic carbocycles. The highest BCUT2D eigenvalue weighted by Gasteiger charge is 2.38. The smallest absolute Gasteiger partial charge is 0.475 e. The molecule has 1 saturated heterocycles. The van der Waals surface area contributed by atoms with E-state index in [4.69, 9.17) is 20.2 Å². The summed E-state index contributed by atoms with van der Waals surface area (Å²) >= 11 is 0. The third kappa shape index (κ3) is 9.95. The van der Waals surface area contributed by atoms with Crippen molar-refractivity contribution in [3.05, 3.63) is 0 Å². The monoisotopic (exact) mass is 358 g/mol. The Labute approximate surface area is 138 Å². The zero-order chi connectivity index (χ0) is 18.5. The Kier molecular flexibility index (Phi) is 8.22. The molecule has 3 N–H and O–H groups in total. The van der Waals surface area contributed by atoms with E-state index in [1.807, 2.05) is 5.01 Å². The number of hydrogen-bond donors (Lipinski definition) is 2. The lowest BCUT2D eigenvalue weighted by molar-refractivity contribution is -0.192. The topological polar surface area (TPSA) is 75.8 Å². The van der Waals surface area contributed by atoms with Crippen LogP contribution >= 0.6 is 0 Å². The van der Waals surface area contributed by atoms with Crippen LogP contribution in [0.4, 0.5) is 13.2 Å². The molecular formula is C14H29F3N2O3Si. The van der Waals surface area contributed by atoms with Crippen LogP contribution in [0.2, 0.25) is 5.04 Å². The summed E-state index contributed by atoms with van der Waals surface area (Å²) < 4.78 is 38.0. The fourth-order valence-electron chi connectivity index (χ4n) is 2.12. The first-order valence-corrected chi connectivity index (χ1v) is 8.87. The largest absolute Gasteiger partial charge is 0.490 e. The number of rotatable bonds is 3. The van der Waals surface area contributed by atoms with Crippen LogP contribution in [-0.2, 0) is 9.22 Å². The van der Waals surface area contributed by atoms with E-state index in [0.717, 1.165) is 13.1 Å². The van der Waals surface area contributed by atoms with Gasteiger partial charge in [0.1, 0.15) is 0 Å². The van der Waals surface area contributed by atoms with E-state index < -0.39 is 21.9 Å². The number of hydrogen-bond acceptors (Lipinski definition) is 4. The predicted octanol–water partition coefficient (Wildman–Crippen LogP) is 2.30.